The van der Waals surface area contributed by atoms with E-state index >= 15 is 0 Å². The van der Waals surface area contributed by atoms with E-state index in [9.17, 15) is 0 Å². The fourth-order valence-corrected chi connectivity index (χ4v) is 1.90. The molecular weight excluding hydrogens is 232 g/mol. The van der Waals surface area contributed by atoms with Crippen LogP contribution in [0.5, 0.6) is 0 Å². The molecule has 6 heteroatoms. The fourth-order valence-electron chi connectivity index (χ4n) is 1.10. The van der Waals surface area contributed by atoms with Crippen LogP contribution in [0.4, 0.5) is 5.82 Å². The van der Waals surface area contributed by atoms with Gasteiger partial charge in [-0.25, -0.2) is 15.0 Å². The molecule has 1 N–H and O–H groups in total. The molecular formula is C9H9ClN4S. The lowest BCUT2D eigenvalue weighted by Gasteiger charge is -2.04. The maximum atomic E-state index is 5.84. The number of rotatable bonds is 4. The molecule has 0 unspecified atom stereocenters. The van der Waals surface area contributed by atoms with Gasteiger partial charge in [-0.05, 0) is 0 Å². The van der Waals surface area contributed by atoms with Gasteiger partial charge in [0.2, 0.25) is 0 Å². The number of thiazole rings is 1. The van der Waals surface area contributed by atoms with Gasteiger partial charge in [0, 0.05) is 36.9 Å². The lowest BCUT2D eigenvalue weighted by atomic mass is 10.4. The van der Waals surface area contributed by atoms with Crippen molar-refractivity contribution in [3.8, 4) is 0 Å². The van der Waals surface area contributed by atoms with Gasteiger partial charge in [-0.2, -0.15) is 0 Å². The van der Waals surface area contributed by atoms with Crippen molar-refractivity contribution in [1.82, 2.24) is 15.0 Å². The summed E-state index contributed by atoms with van der Waals surface area (Å²) in [6.07, 6.45) is 5.84. The third kappa shape index (κ3) is 2.87. The zero-order chi connectivity index (χ0) is 10.5. The van der Waals surface area contributed by atoms with Crippen LogP contribution in [0.1, 0.15) is 5.01 Å². The average molecular weight is 241 g/mol. The number of nitrogens with zero attached hydrogens (tertiary/aromatic N) is 3. The van der Waals surface area contributed by atoms with Crippen LogP contribution in [0, 0.1) is 0 Å². The van der Waals surface area contributed by atoms with Crippen LogP contribution in [0.2, 0.25) is 5.15 Å². The monoisotopic (exact) mass is 240 g/mol. The highest BCUT2D eigenvalue weighted by Crippen LogP contribution is 2.14. The Morgan fingerprint density at radius 3 is 2.80 bits per heavy atom. The van der Waals surface area contributed by atoms with Gasteiger partial charge in [-0.3, -0.25) is 0 Å². The van der Waals surface area contributed by atoms with Gasteiger partial charge >= 0.3 is 0 Å². The van der Waals surface area contributed by atoms with Crippen molar-refractivity contribution in [2.45, 2.75) is 6.42 Å². The number of halogens is 1. The molecule has 0 saturated heterocycles. The summed E-state index contributed by atoms with van der Waals surface area (Å²) >= 11 is 7.48. The van der Waals surface area contributed by atoms with Crippen LogP contribution in [0.3, 0.4) is 0 Å². The van der Waals surface area contributed by atoms with Crippen molar-refractivity contribution in [2.75, 3.05) is 11.9 Å². The summed E-state index contributed by atoms with van der Waals surface area (Å²) in [7, 11) is 0. The summed E-state index contributed by atoms with van der Waals surface area (Å²) in [5.74, 6) is 0.621. The summed E-state index contributed by atoms with van der Waals surface area (Å²) in [5, 5.41) is 6.57. The topological polar surface area (TPSA) is 50.7 Å². The minimum atomic E-state index is 0.400. The summed E-state index contributed by atoms with van der Waals surface area (Å²) in [6.45, 7) is 0.756. The lowest BCUT2D eigenvalue weighted by molar-refractivity contribution is 0.982. The Bertz CT molecular complexity index is 418. The van der Waals surface area contributed by atoms with Crippen LogP contribution >= 0.6 is 22.9 Å². The molecule has 0 aromatic carbocycles. The number of aromatic nitrogens is 3. The Kier molecular flexibility index (Phi) is 3.47. The highest BCUT2D eigenvalue weighted by atomic mass is 35.5. The molecule has 2 aromatic rings. The van der Waals surface area contributed by atoms with E-state index in [1.54, 1.807) is 29.9 Å². The Hall–Kier alpha value is -1.20. The third-order valence-electron chi connectivity index (χ3n) is 1.77. The SMILES string of the molecule is Clc1nccnc1NCCc1nccs1. The zero-order valence-corrected chi connectivity index (χ0v) is 9.42. The second-order valence-corrected chi connectivity index (χ2v) is 4.14. The van der Waals surface area contributed by atoms with E-state index in [0.29, 0.717) is 11.0 Å². The first kappa shape index (κ1) is 10.3. The van der Waals surface area contributed by atoms with E-state index in [1.165, 1.54) is 0 Å². The first-order chi connectivity index (χ1) is 7.36. The van der Waals surface area contributed by atoms with Gasteiger partial charge in [-0.1, -0.05) is 11.6 Å². The van der Waals surface area contributed by atoms with E-state index in [0.717, 1.165) is 18.0 Å². The molecule has 0 amide bonds. The van der Waals surface area contributed by atoms with E-state index in [2.05, 4.69) is 20.3 Å². The predicted octanol–water partition coefficient (Wildman–Crippen LogP) is 2.24. The average Bonchev–Trinajstić information content (AvgIpc) is 2.74. The molecule has 2 heterocycles. The standard InChI is InChI=1S/C9H9ClN4S/c10-8-9(14-4-3-12-8)13-2-1-7-11-5-6-15-7/h3-6H,1-2H2,(H,13,14). The Morgan fingerprint density at radius 1 is 1.20 bits per heavy atom. The highest BCUT2D eigenvalue weighted by molar-refractivity contribution is 7.09. The summed E-state index contributed by atoms with van der Waals surface area (Å²) in [4.78, 5) is 12.2. The smallest absolute Gasteiger partial charge is 0.171 e. The zero-order valence-electron chi connectivity index (χ0n) is 7.85. The van der Waals surface area contributed by atoms with Crippen molar-refractivity contribution < 1.29 is 0 Å². The van der Waals surface area contributed by atoms with Crippen LogP contribution in [0.15, 0.2) is 24.0 Å². The summed E-state index contributed by atoms with van der Waals surface area (Å²) in [6, 6.07) is 0. The number of nitrogens with one attached hydrogen (secondary N) is 1. The molecule has 0 aliphatic heterocycles. The van der Waals surface area contributed by atoms with Crippen molar-refractivity contribution in [1.29, 1.82) is 0 Å². The molecule has 0 radical (unpaired) electrons. The van der Waals surface area contributed by atoms with E-state index in [-0.39, 0.29) is 0 Å². The summed E-state index contributed by atoms with van der Waals surface area (Å²) < 4.78 is 0. The summed E-state index contributed by atoms with van der Waals surface area (Å²) in [5.41, 5.74) is 0. The molecule has 2 rings (SSSR count). The molecule has 2 aromatic heterocycles. The van der Waals surface area contributed by atoms with E-state index in [1.807, 2.05) is 5.38 Å². The molecule has 4 nitrogen and oxygen atoms in total. The molecule has 0 aliphatic rings. The van der Waals surface area contributed by atoms with Crippen molar-refractivity contribution in [3.63, 3.8) is 0 Å². The second-order valence-electron chi connectivity index (χ2n) is 2.80. The van der Waals surface area contributed by atoms with Crippen molar-refractivity contribution in [3.05, 3.63) is 34.1 Å². The Morgan fingerprint density at radius 2 is 2.07 bits per heavy atom. The molecule has 0 bridgehead atoms. The molecule has 0 atom stereocenters. The largest absolute Gasteiger partial charge is 0.367 e. The van der Waals surface area contributed by atoms with E-state index in [4.69, 9.17) is 11.6 Å². The predicted molar refractivity (Wildman–Crippen MR) is 61.3 cm³/mol. The maximum Gasteiger partial charge on any atom is 0.171 e. The maximum absolute atomic E-state index is 5.84. The third-order valence-corrected chi connectivity index (χ3v) is 2.88. The lowest BCUT2D eigenvalue weighted by Crippen LogP contribution is -2.06. The van der Waals surface area contributed by atoms with Gasteiger partial charge < -0.3 is 5.32 Å². The van der Waals surface area contributed by atoms with Crippen LogP contribution in [-0.4, -0.2) is 21.5 Å². The molecule has 0 saturated carbocycles. The van der Waals surface area contributed by atoms with Gasteiger partial charge in [0.05, 0.1) is 5.01 Å². The van der Waals surface area contributed by atoms with E-state index < -0.39 is 0 Å². The number of hydrogen-bond donors (Lipinski definition) is 1. The number of anilines is 1. The second kappa shape index (κ2) is 5.04. The minimum Gasteiger partial charge on any atom is -0.367 e. The Labute approximate surface area is 96.4 Å². The molecule has 0 fully saturated rings. The molecule has 0 spiro atoms. The first-order valence-electron chi connectivity index (χ1n) is 4.45. The molecule has 78 valence electrons. The van der Waals surface area contributed by atoms with Gasteiger partial charge in [0.15, 0.2) is 11.0 Å². The quantitative estimate of drug-likeness (QED) is 0.891. The van der Waals surface area contributed by atoms with Crippen molar-refractivity contribution in [2.24, 2.45) is 0 Å². The first-order valence-corrected chi connectivity index (χ1v) is 5.71. The van der Waals surface area contributed by atoms with Crippen molar-refractivity contribution >= 4 is 28.8 Å². The van der Waals surface area contributed by atoms with Gasteiger partial charge in [-0.15, -0.1) is 11.3 Å². The number of hydrogen-bond acceptors (Lipinski definition) is 5. The normalized spacial score (nSPS) is 10.2. The van der Waals surface area contributed by atoms with Gasteiger partial charge in [0.1, 0.15) is 0 Å². The van der Waals surface area contributed by atoms with Gasteiger partial charge in [0.25, 0.3) is 0 Å². The minimum absolute atomic E-state index is 0.400. The van der Waals surface area contributed by atoms with Crippen LogP contribution < -0.4 is 5.32 Å². The molecule has 0 aliphatic carbocycles. The Balaban J connectivity index is 1.86. The fraction of sp³-hybridized carbons (Fsp3) is 0.222. The van der Waals surface area contributed by atoms with Crippen LogP contribution in [-0.2, 0) is 6.42 Å². The molecule has 15 heavy (non-hydrogen) atoms. The van der Waals surface area contributed by atoms with Crippen LogP contribution in [0.25, 0.3) is 0 Å². The highest BCUT2D eigenvalue weighted by Gasteiger charge is 2.01.